The summed E-state index contributed by atoms with van der Waals surface area (Å²) in [6.07, 6.45) is -10.2. The van der Waals surface area contributed by atoms with E-state index in [0.717, 1.165) is 11.3 Å². The van der Waals surface area contributed by atoms with E-state index in [2.05, 4.69) is 10.0 Å². The van der Waals surface area contributed by atoms with Crippen molar-refractivity contribution in [1.29, 1.82) is 0 Å². The smallest absolute Gasteiger partial charge is 0.416 e. The fraction of sp³-hybridized carbons (Fsp3) is 0.148. The topological polar surface area (TPSA) is 137 Å². The third kappa shape index (κ3) is 8.12. The van der Waals surface area contributed by atoms with Crippen molar-refractivity contribution in [2.75, 3.05) is 18.4 Å². The molecule has 0 aliphatic carbocycles. The molecule has 44 heavy (non-hydrogen) atoms. The summed E-state index contributed by atoms with van der Waals surface area (Å²) in [6, 6.07) is 11.3. The summed E-state index contributed by atoms with van der Waals surface area (Å²) in [6.45, 7) is -0.714. The molecule has 0 saturated heterocycles. The molecule has 0 atom stereocenters. The fourth-order valence-electron chi connectivity index (χ4n) is 3.72. The van der Waals surface area contributed by atoms with Gasteiger partial charge in [-0.15, -0.1) is 11.3 Å². The van der Waals surface area contributed by atoms with Crippen LogP contribution in [0.4, 0.5) is 36.8 Å². The van der Waals surface area contributed by atoms with Gasteiger partial charge in [0.25, 0.3) is 0 Å². The molecule has 1 aromatic heterocycles. The van der Waals surface area contributed by atoms with Crippen molar-refractivity contribution in [2.24, 2.45) is 0 Å². The molecule has 0 aliphatic rings. The Morgan fingerprint density at radius 1 is 0.841 bits per heavy atom. The molecule has 0 unspecified atom stereocenters. The number of rotatable bonds is 9. The summed E-state index contributed by atoms with van der Waals surface area (Å²) in [5, 5.41) is 24.8. The lowest BCUT2D eigenvalue weighted by Crippen LogP contribution is -2.36. The van der Waals surface area contributed by atoms with Gasteiger partial charge in [-0.2, -0.15) is 26.3 Å². The van der Waals surface area contributed by atoms with Crippen LogP contribution in [0.25, 0.3) is 11.1 Å². The maximum Gasteiger partial charge on any atom is 0.416 e. The first kappa shape index (κ1) is 32.4. The Labute approximate surface area is 249 Å². The summed E-state index contributed by atoms with van der Waals surface area (Å²) >= 11 is 0.881. The molecule has 9 nitrogen and oxygen atoms in total. The standard InChI is InChI=1S/C27H21F6N3O6S2/c28-26(29,30)16-10-17(27(31,32)33)12-18(11-16)36-25(39)34-7-8-35-44(40,41)24-9-15(14-43-24)20-3-1-2-4-23(20)42-19-5-6-21(37)22(38)13-19/h1-6,9-14,35,37-38H,7-8H2,(H2,34,36,39). The number of phenolic OH excluding ortho intramolecular Hbond substituents is 2. The molecule has 0 saturated carbocycles. The van der Waals surface area contributed by atoms with Crippen molar-refractivity contribution < 1.29 is 54.5 Å². The number of urea groups is 1. The molecule has 3 aromatic carbocycles. The first-order valence-electron chi connectivity index (χ1n) is 12.2. The van der Waals surface area contributed by atoms with Crippen LogP contribution < -0.4 is 20.1 Å². The first-order valence-corrected chi connectivity index (χ1v) is 14.6. The van der Waals surface area contributed by atoms with Crippen LogP contribution in [-0.4, -0.2) is 37.8 Å². The summed E-state index contributed by atoms with van der Waals surface area (Å²) in [5.41, 5.74) is -2.99. The number of hydrogen-bond donors (Lipinski definition) is 5. The van der Waals surface area contributed by atoms with Crippen LogP contribution in [-0.2, 0) is 22.4 Å². The van der Waals surface area contributed by atoms with E-state index >= 15 is 0 Å². The predicted octanol–water partition coefficient (Wildman–Crippen LogP) is 6.76. The molecular weight excluding hydrogens is 640 g/mol. The number of thiophene rings is 1. The monoisotopic (exact) mass is 661 g/mol. The summed E-state index contributed by atoms with van der Waals surface area (Å²) in [5.74, 6) is -0.196. The molecule has 0 spiro atoms. The van der Waals surface area contributed by atoms with Crippen LogP contribution in [0.1, 0.15) is 11.1 Å². The molecule has 1 heterocycles. The molecule has 0 bridgehead atoms. The van der Waals surface area contributed by atoms with Crippen molar-refractivity contribution in [1.82, 2.24) is 10.0 Å². The number of para-hydroxylation sites is 1. The molecule has 5 N–H and O–H groups in total. The SMILES string of the molecule is O=C(NCCNS(=O)(=O)c1cc(-c2ccccc2Oc2ccc(O)c(O)c2)cs1)Nc1cc(C(F)(F)F)cc(C(F)(F)F)c1. The normalized spacial score (nSPS) is 12.1. The van der Waals surface area contributed by atoms with Crippen molar-refractivity contribution in [2.45, 2.75) is 16.6 Å². The van der Waals surface area contributed by atoms with Gasteiger partial charge in [0.15, 0.2) is 11.5 Å². The number of carbonyl (C=O) groups excluding carboxylic acids is 1. The average molecular weight is 662 g/mol. The summed E-state index contributed by atoms with van der Waals surface area (Å²) in [4.78, 5) is 12.1. The van der Waals surface area contributed by atoms with Gasteiger partial charge < -0.3 is 25.6 Å². The summed E-state index contributed by atoms with van der Waals surface area (Å²) < 4.78 is 112. The van der Waals surface area contributed by atoms with Crippen molar-refractivity contribution in [3.05, 3.63) is 83.2 Å². The number of alkyl halides is 6. The van der Waals surface area contributed by atoms with E-state index in [-0.39, 0.29) is 34.9 Å². The molecule has 0 radical (unpaired) electrons. The first-order chi connectivity index (χ1) is 20.5. The van der Waals surface area contributed by atoms with Crippen LogP contribution in [0.3, 0.4) is 0 Å². The number of ether oxygens (including phenoxy) is 1. The maximum atomic E-state index is 13.0. The van der Waals surface area contributed by atoms with E-state index in [1.807, 2.05) is 5.32 Å². The van der Waals surface area contributed by atoms with Gasteiger partial charge in [0.2, 0.25) is 10.0 Å². The lowest BCUT2D eigenvalue weighted by Gasteiger charge is -2.15. The van der Waals surface area contributed by atoms with Gasteiger partial charge in [-0.1, -0.05) is 18.2 Å². The van der Waals surface area contributed by atoms with E-state index in [1.165, 1.54) is 24.3 Å². The number of carbonyl (C=O) groups is 1. The largest absolute Gasteiger partial charge is 0.504 e. The number of aromatic hydroxyl groups is 2. The van der Waals surface area contributed by atoms with Gasteiger partial charge in [0.05, 0.1) is 11.1 Å². The Balaban J connectivity index is 1.37. The summed E-state index contributed by atoms with van der Waals surface area (Å²) in [7, 11) is -4.09. The lowest BCUT2D eigenvalue weighted by atomic mass is 10.1. The highest BCUT2D eigenvalue weighted by Gasteiger charge is 2.37. The van der Waals surface area contributed by atoms with Gasteiger partial charge in [0, 0.05) is 35.8 Å². The Morgan fingerprint density at radius 2 is 1.50 bits per heavy atom. The second-order valence-corrected chi connectivity index (χ2v) is 11.9. The van der Waals surface area contributed by atoms with Crippen LogP contribution in [0.2, 0.25) is 0 Å². The number of hydrogen-bond acceptors (Lipinski definition) is 7. The number of amides is 2. The zero-order valence-corrected chi connectivity index (χ0v) is 23.6. The number of anilines is 1. The minimum atomic E-state index is -5.10. The Kier molecular flexibility index (Phi) is 9.31. The molecular formula is C27H21F6N3O6S2. The average Bonchev–Trinajstić information content (AvgIpc) is 3.44. The van der Waals surface area contributed by atoms with Crippen molar-refractivity contribution in [3.8, 4) is 34.1 Å². The number of halogens is 6. The Morgan fingerprint density at radius 3 is 2.14 bits per heavy atom. The number of benzene rings is 3. The molecule has 0 aliphatic heterocycles. The van der Waals surface area contributed by atoms with Crippen LogP contribution in [0.5, 0.6) is 23.0 Å². The molecule has 17 heteroatoms. The highest BCUT2D eigenvalue weighted by molar-refractivity contribution is 7.91. The van der Waals surface area contributed by atoms with Crippen LogP contribution in [0.15, 0.2) is 76.3 Å². The van der Waals surface area contributed by atoms with E-state index in [1.54, 1.807) is 29.6 Å². The Bertz CT molecular complexity index is 1740. The highest BCUT2D eigenvalue weighted by Crippen LogP contribution is 2.39. The fourth-order valence-corrected chi connectivity index (χ4v) is 5.98. The highest BCUT2D eigenvalue weighted by atomic mass is 32.2. The molecule has 0 fully saturated rings. The Hall–Kier alpha value is -4.48. The van der Waals surface area contributed by atoms with Crippen LogP contribution >= 0.6 is 11.3 Å². The van der Waals surface area contributed by atoms with Crippen molar-refractivity contribution >= 4 is 33.1 Å². The quantitative estimate of drug-likeness (QED) is 0.0765. The minimum Gasteiger partial charge on any atom is -0.504 e. The van der Waals surface area contributed by atoms with E-state index in [9.17, 15) is 49.8 Å². The molecule has 4 aromatic rings. The predicted molar refractivity (Wildman–Crippen MR) is 148 cm³/mol. The second kappa shape index (κ2) is 12.6. The van der Waals surface area contributed by atoms with Gasteiger partial charge in [0.1, 0.15) is 15.7 Å². The van der Waals surface area contributed by atoms with E-state index < -0.39 is 51.0 Å². The van der Waals surface area contributed by atoms with E-state index in [0.29, 0.717) is 29.0 Å². The molecule has 4 rings (SSSR count). The molecule has 234 valence electrons. The third-order valence-corrected chi connectivity index (χ3v) is 8.66. The third-order valence-electron chi connectivity index (χ3n) is 5.76. The van der Waals surface area contributed by atoms with E-state index in [4.69, 9.17) is 4.74 Å². The maximum absolute atomic E-state index is 13.0. The van der Waals surface area contributed by atoms with Gasteiger partial charge in [-0.05, 0) is 48.0 Å². The zero-order valence-electron chi connectivity index (χ0n) is 22.0. The van der Waals surface area contributed by atoms with Crippen LogP contribution in [0, 0.1) is 0 Å². The number of sulfonamides is 1. The van der Waals surface area contributed by atoms with Gasteiger partial charge in [-0.25, -0.2) is 17.9 Å². The number of phenols is 2. The number of nitrogens with one attached hydrogen (secondary N) is 3. The molecule has 2 amide bonds. The zero-order chi connectivity index (χ0) is 32.3. The van der Waals surface area contributed by atoms with Gasteiger partial charge in [-0.3, -0.25) is 0 Å². The second-order valence-electron chi connectivity index (χ2n) is 8.98. The van der Waals surface area contributed by atoms with Crippen molar-refractivity contribution in [3.63, 3.8) is 0 Å². The minimum absolute atomic E-state index is 0.0824. The van der Waals surface area contributed by atoms with Gasteiger partial charge >= 0.3 is 18.4 Å². The lowest BCUT2D eigenvalue weighted by molar-refractivity contribution is -0.143.